The summed E-state index contributed by atoms with van der Waals surface area (Å²) in [5.74, 6) is 6.89. The Morgan fingerprint density at radius 1 is 1.20 bits per heavy atom. The van der Waals surface area contributed by atoms with Crippen LogP contribution in [-0.2, 0) is 13.0 Å². The van der Waals surface area contributed by atoms with Crippen molar-refractivity contribution in [2.75, 3.05) is 6.61 Å². The van der Waals surface area contributed by atoms with Crippen LogP contribution in [0.5, 0.6) is 5.75 Å². The van der Waals surface area contributed by atoms with Crippen molar-refractivity contribution in [1.82, 2.24) is 0 Å². The number of rotatable bonds is 5. The summed E-state index contributed by atoms with van der Waals surface area (Å²) in [4.78, 5) is 1.12. The molecule has 1 N–H and O–H groups in total. The largest absolute Gasteiger partial charge is 0.488 e. The van der Waals surface area contributed by atoms with Gasteiger partial charge < -0.3 is 9.84 Å². The quantitative estimate of drug-likeness (QED) is 0.851. The molecule has 0 bridgehead atoms. The lowest BCUT2D eigenvalue weighted by Crippen LogP contribution is -1.95. The number of hydrogen-bond acceptors (Lipinski definition) is 3. The average Bonchev–Trinajstić information content (AvgIpc) is 2.93. The summed E-state index contributed by atoms with van der Waals surface area (Å²) in [6.45, 7) is 2.78. The van der Waals surface area contributed by atoms with Gasteiger partial charge in [0.05, 0.1) is 11.5 Å². The molecule has 0 fully saturated rings. The average molecular weight is 286 g/mol. The molecule has 2 nitrogen and oxygen atoms in total. The monoisotopic (exact) mass is 286 g/mol. The predicted octanol–water partition coefficient (Wildman–Crippen LogP) is 3.62. The summed E-state index contributed by atoms with van der Waals surface area (Å²) in [5.41, 5.74) is 2.30. The highest BCUT2D eigenvalue weighted by Gasteiger charge is 2.03. The van der Waals surface area contributed by atoms with Gasteiger partial charge in [0.1, 0.15) is 12.4 Å². The molecule has 3 heteroatoms. The van der Waals surface area contributed by atoms with Crippen LogP contribution in [-0.4, -0.2) is 11.7 Å². The highest BCUT2D eigenvalue weighted by atomic mass is 32.1. The zero-order valence-electron chi connectivity index (χ0n) is 11.6. The number of aliphatic hydroxyl groups excluding tert-OH is 1. The molecule has 0 saturated carbocycles. The molecule has 1 aromatic carbocycles. The second-order valence-electron chi connectivity index (χ2n) is 4.32. The van der Waals surface area contributed by atoms with Gasteiger partial charge in [-0.1, -0.05) is 30.9 Å². The van der Waals surface area contributed by atoms with Crippen LogP contribution in [0.15, 0.2) is 35.7 Å². The van der Waals surface area contributed by atoms with E-state index in [0.717, 1.165) is 22.6 Å². The standard InChI is InChI=1S/C17H18O2S/c1-2-14-6-8-16(9-7-14)19-13-17-15(10-12-20-17)5-3-4-11-18/h6-10,12,18H,2,4,11,13H2,1H3. The minimum Gasteiger partial charge on any atom is -0.488 e. The van der Waals surface area contributed by atoms with E-state index in [1.165, 1.54) is 5.56 Å². The summed E-state index contributed by atoms with van der Waals surface area (Å²) >= 11 is 1.64. The summed E-state index contributed by atoms with van der Waals surface area (Å²) < 4.78 is 5.79. The maximum absolute atomic E-state index is 8.73. The van der Waals surface area contributed by atoms with Gasteiger partial charge in [0, 0.05) is 12.0 Å². The van der Waals surface area contributed by atoms with E-state index in [1.807, 2.05) is 23.6 Å². The minimum atomic E-state index is 0.104. The molecule has 0 spiro atoms. The Morgan fingerprint density at radius 2 is 2.00 bits per heavy atom. The van der Waals surface area contributed by atoms with Gasteiger partial charge in [-0.2, -0.15) is 0 Å². The van der Waals surface area contributed by atoms with Gasteiger partial charge in [0.15, 0.2) is 0 Å². The van der Waals surface area contributed by atoms with Gasteiger partial charge in [-0.05, 0) is 35.6 Å². The Morgan fingerprint density at radius 3 is 2.70 bits per heavy atom. The van der Waals surface area contributed by atoms with Crippen molar-refractivity contribution in [1.29, 1.82) is 0 Å². The molecular weight excluding hydrogens is 268 g/mol. The van der Waals surface area contributed by atoms with Crippen LogP contribution in [0.4, 0.5) is 0 Å². The Bertz CT molecular complexity index is 587. The van der Waals surface area contributed by atoms with Gasteiger partial charge in [-0.25, -0.2) is 0 Å². The maximum Gasteiger partial charge on any atom is 0.124 e. The highest BCUT2D eigenvalue weighted by Crippen LogP contribution is 2.20. The minimum absolute atomic E-state index is 0.104. The van der Waals surface area contributed by atoms with Crippen LogP contribution in [0.3, 0.4) is 0 Å². The summed E-state index contributed by atoms with van der Waals surface area (Å²) in [5, 5.41) is 10.8. The number of ether oxygens (including phenoxy) is 1. The summed E-state index contributed by atoms with van der Waals surface area (Å²) in [7, 11) is 0. The Hall–Kier alpha value is -1.76. The van der Waals surface area contributed by atoms with E-state index in [2.05, 4.69) is 30.9 Å². The maximum atomic E-state index is 8.73. The number of benzene rings is 1. The van der Waals surface area contributed by atoms with Crippen molar-refractivity contribution >= 4 is 11.3 Å². The number of thiophene rings is 1. The van der Waals surface area contributed by atoms with Gasteiger partial charge >= 0.3 is 0 Å². The second kappa shape index (κ2) is 7.74. The molecule has 20 heavy (non-hydrogen) atoms. The highest BCUT2D eigenvalue weighted by molar-refractivity contribution is 7.10. The third-order valence-electron chi connectivity index (χ3n) is 2.91. The van der Waals surface area contributed by atoms with Gasteiger partial charge in [-0.15, -0.1) is 11.3 Å². The zero-order valence-corrected chi connectivity index (χ0v) is 12.4. The van der Waals surface area contributed by atoms with E-state index in [1.54, 1.807) is 11.3 Å². The Labute approximate surface area is 124 Å². The fourth-order valence-corrected chi connectivity index (χ4v) is 2.49. The lowest BCUT2D eigenvalue weighted by Gasteiger charge is -2.06. The first-order valence-electron chi connectivity index (χ1n) is 6.71. The lowest BCUT2D eigenvalue weighted by atomic mass is 10.2. The zero-order chi connectivity index (χ0) is 14.2. The van der Waals surface area contributed by atoms with Crippen molar-refractivity contribution in [3.05, 3.63) is 51.7 Å². The van der Waals surface area contributed by atoms with Crippen molar-refractivity contribution in [2.45, 2.75) is 26.4 Å². The molecule has 0 aliphatic heterocycles. The molecule has 2 rings (SSSR count). The molecule has 1 heterocycles. The molecule has 0 atom stereocenters. The number of aliphatic hydroxyl groups is 1. The van der Waals surface area contributed by atoms with Crippen molar-refractivity contribution in [2.24, 2.45) is 0 Å². The van der Waals surface area contributed by atoms with Crippen molar-refractivity contribution in [3.63, 3.8) is 0 Å². The van der Waals surface area contributed by atoms with Gasteiger partial charge in [-0.3, -0.25) is 0 Å². The molecule has 104 valence electrons. The van der Waals surface area contributed by atoms with Gasteiger partial charge in [0.2, 0.25) is 0 Å². The van der Waals surface area contributed by atoms with Crippen LogP contribution in [0.2, 0.25) is 0 Å². The van der Waals surface area contributed by atoms with E-state index < -0.39 is 0 Å². The molecule has 0 aliphatic rings. The molecule has 0 unspecified atom stereocenters. The fourth-order valence-electron chi connectivity index (χ4n) is 1.75. The van der Waals surface area contributed by atoms with E-state index in [9.17, 15) is 0 Å². The lowest BCUT2D eigenvalue weighted by molar-refractivity contribution is 0.305. The van der Waals surface area contributed by atoms with Crippen LogP contribution in [0, 0.1) is 11.8 Å². The van der Waals surface area contributed by atoms with E-state index in [4.69, 9.17) is 9.84 Å². The Balaban J connectivity index is 1.97. The Kier molecular flexibility index (Phi) is 5.67. The number of hydrogen-bond donors (Lipinski definition) is 1. The normalized spacial score (nSPS) is 9.90. The van der Waals surface area contributed by atoms with E-state index in [-0.39, 0.29) is 6.61 Å². The smallest absolute Gasteiger partial charge is 0.124 e. The molecular formula is C17H18O2S. The van der Waals surface area contributed by atoms with Crippen LogP contribution in [0.1, 0.15) is 29.3 Å². The molecule has 0 aliphatic carbocycles. The van der Waals surface area contributed by atoms with Gasteiger partial charge in [0.25, 0.3) is 0 Å². The van der Waals surface area contributed by atoms with Crippen molar-refractivity contribution < 1.29 is 9.84 Å². The third kappa shape index (κ3) is 4.12. The topological polar surface area (TPSA) is 29.5 Å². The van der Waals surface area contributed by atoms with Crippen LogP contribution < -0.4 is 4.74 Å². The first-order valence-corrected chi connectivity index (χ1v) is 7.59. The van der Waals surface area contributed by atoms with E-state index in [0.29, 0.717) is 13.0 Å². The third-order valence-corrected chi connectivity index (χ3v) is 3.80. The molecule has 0 radical (unpaired) electrons. The first-order chi connectivity index (χ1) is 9.83. The summed E-state index contributed by atoms with van der Waals surface area (Å²) in [6, 6.07) is 10.2. The first kappa shape index (κ1) is 14.6. The van der Waals surface area contributed by atoms with Crippen LogP contribution >= 0.6 is 11.3 Å². The second-order valence-corrected chi connectivity index (χ2v) is 5.32. The molecule has 2 aromatic rings. The molecule has 0 amide bonds. The summed E-state index contributed by atoms with van der Waals surface area (Å²) in [6.07, 6.45) is 1.55. The van der Waals surface area contributed by atoms with Crippen molar-refractivity contribution in [3.8, 4) is 17.6 Å². The predicted molar refractivity (Wildman–Crippen MR) is 83.1 cm³/mol. The van der Waals surface area contributed by atoms with Crippen LogP contribution in [0.25, 0.3) is 0 Å². The molecule has 1 aromatic heterocycles. The number of aryl methyl sites for hydroxylation is 1. The van der Waals surface area contributed by atoms with E-state index >= 15 is 0 Å². The fraction of sp³-hybridized carbons (Fsp3) is 0.294. The molecule has 0 saturated heterocycles. The SMILES string of the molecule is CCc1ccc(OCc2sccc2C#CCCO)cc1.